The molecule has 2 fully saturated rings. The number of benzene rings is 1. The average molecular weight is 541 g/mol. The molecular formula is C24H33ClN4O6S. The molecule has 1 aromatic heterocycles. The lowest BCUT2D eigenvalue weighted by molar-refractivity contribution is -0.139. The van der Waals surface area contributed by atoms with Crippen LogP contribution in [0.25, 0.3) is 5.69 Å². The van der Waals surface area contributed by atoms with E-state index in [-0.39, 0.29) is 18.5 Å². The highest BCUT2D eigenvalue weighted by Crippen LogP contribution is 2.28. The second-order valence-corrected chi connectivity index (χ2v) is 12.5. The number of halogens is 1. The van der Waals surface area contributed by atoms with Crippen molar-refractivity contribution in [3.63, 3.8) is 0 Å². The number of aromatic nitrogens is 2. The number of piperazine rings is 1. The molecule has 0 spiro atoms. The summed E-state index contributed by atoms with van der Waals surface area (Å²) in [4.78, 5) is 15.5. The number of hydrogen-bond donors (Lipinski definition) is 0. The van der Waals surface area contributed by atoms with Crippen LogP contribution in [0, 0.1) is 0 Å². The molecule has 2 aliphatic heterocycles. The van der Waals surface area contributed by atoms with Crippen LogP contribution in [-0.4, -0.2) is 79.0 Å². The molecule has 2 saturated heterocycles. The van der Waals surface area contributed by atoms with Gasteiger partial charge in [0.2, 0.25) is 15.8 Å². The lowest BCUT2D eigenvalue weighted by atomic mass is 10.2. The van der Waals surface area contributed by atoms with Gasteiger partial charge in [-0.2, -0.15) is 14.1 Å². The van der Waals surface area contributed by atoms with Crippen LogP contribution >= 0.6 is 11.6 Å². The smallest absolute Gasteiger partial charge is 0.316 e. The van der Waals surface area contributed by atoms with E-state index in [4.69, 9.17) is 25.8 Å². The van der Waals surface area contributed by atoms with Crippen molar-refractivity contribution in [2.24, 2.45) is 0 Å². The van der Waals surface area contributed by atoms with Gasteiger partial charge >= 0.3 is 5.56 Å². The predicted molar refractivity (Wildman–Crippen MR) is 138 cm³/mol. The Balaban J connectivity index is 1.58. The molecule has 1 aromatic carbocycles. The fourth-order valence-electron chi connectivity index (χ4n) is 4.26. The number of sulfonamides is 1. The van der Waals surface area contributed by atoms with Gasteiger partial charge in [0.25, 0.3) is 0 Å². The molecule has 0 saturated carbocycles. The summed E-state index contributed by atoms with van der Waals surface area (Å²) >= 11 is 6.13. The standard InChI is InChI=1S/C24H33ClN4O6S/c1-17(2)36(31,32)28-11-9-27(10-12-28)21-15-26-29(19-7-5-6-18(25)14-19)23(30)22(21)33-13-8-20-16-34-24(3,4)35-20/h5-7,14-15,17,20H,8-13,16H2,1-4H3/t20-/m0/s1. The Bertz CT molecular complexity index is 1240. The predicted octanol–water partition coefficient (Wildman–Crippen LogP) is 2.67. The van der Waals surface area contributed by atoms with Crippen molar-refractivity contribution in [3.05, 3.63) is 45.8 Å². The van der Waals surface area contributed by atoms with Crippen LogP contribution in [0.1, 0.15) is 34.1 Å². The molecule has 2 aromatic rings. The zero-order valence-electron chi connectivity index (χ0n) is 21.0. The number of hydrogen-bond acceptors (Lipinski definition) is 8. The maximum absolute atomic E-state index is 13.5. The normalized spacial score (nSPS) is 20.7. The zero-order valence-corrected chi connectivity index (χ0v) is 22.6. The second kappa shape index (κ2) is 10.7. The molecule has 3 heterocycles. The van der Waals surface area contributed by atoms with Crippen molar-refractivity contribution in [2.75, 3.05) is 44.3 Å². The highest BCUT2D eigenvalue weighted by atomic mass is 35.5. The Morgan fingerprint density at radius 1 is 1.22 bits per heavy atom. The third kappa shape index (κ3) is 5.86. The van der Waals surface area contributed by atoms with Crippen molar-refractivity contribution in [2.45, 2.75) is 51.3 Å². The van der Waals surface area contributed by atoms with Crippen LogP contribution in [-0.2, 0) is 19.5 Å². The molecule has 0 aliphatic carbocycles. The second-order valence-electron chi connectivity index (χ2n) is 9.62. The van der Waals surface area contributed by atoms with Crippen LogP contribution < -0.4 is 15.2 Å². The Morgan fingerprint density at radius 2 is 1.94 bits per heavy atom. The largest absolute Gasteiger partial charge is 0.486 e. The summed E-state index contributed by atoms with van der Waals surface area (Å²) in [5.74, 6) is -0.481. The first-order valence-corrected chi connectivity index (χ1v) is 13.9. The van der Waals surface area contributed by atoms with E-state index in [1.807, 2.05) is 18.7 Å². The van der Waals surface area contributed by atoms with Gasteiger partial charge in [0.1, 0.15) is 5.69 Å². The van der Waals surface area contributed by atoms with Gasteiger partial charge in [-0.1, -0.05) is 17.7 Å². The quantitative estimate of drug-likeness (QED) is 0.503. The summed E-state index contributed by atoms with van der Waals surface area (Å²) < 4.78 is 45.4. The van der Waals surface area contributed by atoms with Crippen LogP contribution in [0.2, 0.25) is 5.02 Å². The van der Waals surface area contributed by atoms with E-state index >= 15 is 0 Å². The fourth-order valence-corrected chi connectivity index (χ4v) is 5.71. The molecule has 0 N–H and O–H groups in total. The molecule has 0 bridgehead atoms. The summed E-state index contributed by atoms with van der Waals surface area (Å²) in [5.41, 5.74) is 0.630. The Hall–Kier alpha value is -2.18. The van der Waals surface area contributed by atoms with Gasteiger partial charge in [0, 0.05) is 37.6 Å². The van der Waals surface area contributed by atoms with Crippen LogP contribution in [0.5, 0.6) is 5.75 Å². The Kier molecular flexibility index (Phi) is 7.96. The molecule has 0 amide bonds. The number of rotatable bonds is 8. The minimum atomic E-state index is -3.35. The molecule has 10 nitrogen and oxygen atoms in total. The Morgan fingerprint density at radius 3 is 2.56 bits per heavy atom. The van der Waals surface area contributed by atoms with Crippen LogP contribution in [0.15, 0.2) is 35.3 Å². The summed E-state index contributed by atoms with van der Waals surface area (Å²) in [7, 11) is -3.35. The van der Waals surface area contributed by atoms with E-state index in [1.54, 1.807) is 44.3 Å². The number of anilines is 1. The van der Waals surface area contributed by atoms with Gasteiger partial charge in [-0.25, -0.2) is 8.42 Å². The van der Waals surface area contributed by atoms with E-state index in [2.05, 4.69) is 5.10 Å². The molecule has 0 unspecified atom stereocenters. The van der Waals surface area contributed by atoms with E-state index < -0.39 is 26.6 Å². The molecule has 4 rings (SSSR count). The van der Waals surface area contributed by atoms with Crippen molar-refractivity contribution >= 4 is 27.3 Å². The highest BCUT2D eigenvalue weighted by molar-refractivity contribution is 7.89. The fraction of sp³-hybridized carbons (Fsp3) is 0.583. The van der Waals surface area contributed by atoms with Crippen molar-refractivity contribution in [3.8, 4) is 11.4 Å². The third-order valence-corrected chi connectivity index (χ3v) is 8.77. The monoisotopic (exact) mass is 540 g/mol. The molecular weight excluding hydrogens is 508 g/mol. The summed E-state index contributed by atoms with van der Waals surface area (Å²) in [5, 5.41) is 4.37. The van der Waals surface area contributed by atoms with E-state index in [9.17, 15) is 13.2 Å². The molecule has 36 heavy (non-hydrogen) atoms. The van der Waals surface area contributed by atoms with Crippen LogP contribution in [0.4, 0.5) is 5.69 Å². The van der Waals surface area contributed by atoms with Gasteiger partial charge < -0.3 is 19.1 Å². The van der Waals surface area contributed by atoms with Gasteiger partial charge in [-0.15, -0.1) is 0 Å². The molecule has 2 aliphatic rings. The van der Waals surface area contributed by atoms with Crippen molar-refractivity contribution < 1.29 is 22.6 Å². The van der Waals surface area contributed by atoms with Crippen molar-refractivity contribution in [1.29, 1.82) is 0 Å². The SMILES string of the molecule is CC(C)S(=O)(=O)N1CCN(c2cnn(-c3cccc(Cl)c3)c(=O)c2OCC[C@H]2COC(C)(C)O2)CC1. The molecule has 198 valence electrons. The van der Waals surface area contributed by atoms with Gasteiger partial charge in [0.15, 0.2) is 5.79 Å². The first kappa shape index (κ1) is 26.9. The summed E-state index contributed by atoms with van der Waals surface area (Å²) in [6.45, 7) is 9.23. The minimum absolute atomic E-state index is 0.134. The zero-order chi connectivity index (χ0) is 26.1. The first-order chi connectivity index (χ1) is 17.0. The summed E-state index contributed by atoms with van der Waals surface area (Å²) in [6, 6.07) is 6.86. The molecule has 12 heteroatoms. The maximum atomic E-state index is 13.5. The van der Waals surface area contributed by atoms with Crippen molar-refractivity contribution in [1.82, 2.24) is 14.1 Å². The molecule has 0 radical (unpaired) electrons. The van der Waals surface area contributed by atoms with Crippen LogP contribution in [0.3, 0.4) is 0 Å². The van der Waals surface area contributed by atoms with E-state index in [0.717, 1.165) is 0 Å². The average Bonchev–Trinajstić information content (AvgIpc) is 3.18. The highest BCUT2D eigenvalue weighted by Gasteiger charge is 2.33. The lowest BCUT2D eigenvalue weighted by Gasteiger charge is -2.36. The van der Waals surface area contributed by atoms with Gasteiger partial charge in [-0.05, 0) is 45.9 Å². The molecule has 1 atom stereocenters. The first-order valence-electron chi connectivity index (χ1n) is 12.0. The number of nitrogens with zero attached hydrogens (tertiary/aromatic N) is 4. The van der Waals surface area contributed by atoms with Gasteiger partial charge in [-0.3, -0.25) is 4.79 Å². The number of ether oxygens (including phenoxy) is 3. The van der Waals surface area contributed by atoms with E-state index in [0.29, 0.717) is 55.6 Å². The van der Waals surface area contributed by atoms with Gasteiger partial charge in [0.05, 0.1) is 36.5 Å². The third-order valence-electron chi connectivity index (χ3n) is 6.26. The lowest BCUT2D eigenvalue weighted by Crippen LogP contribution is -2.50. The topological polar surface area (TPSA) is 103 Å². The minimum Gasteiger partial charge on any atom is -0.486 e. The Labute approximate surface area is 216 Å². The maximum Gasteiger partial charge on any atom is 0.316 e. The van der Waals surface area contributed by atoms with E-state index in [1.165, 1.54) is 8.99 Å². The summed E-state index contributed by atoms with van der Waals surface area (Å²) in [6.07, 6.45) is 2.00.